The number of hydrogen-bond donors (Lipinski definition) is 1. The summed E-state index contributed by atoms with van der Waals surface area (Å²) in [5.74, 6) is -0.218. The first-order chi connectivity index (χ1) is 9.45. The van der Waals surface area contributed by atoms with Gasteiger partial charge in [-0.3, -0.25) is 0 Å². The van der Waals surface area contributed by atoms with Crippen LogP contribution in [-0.4, -0.2) is 7.05 Å². The van der Waals surface area contributed by atoms with E-state index in [4.69, 9.17) is 0 Å². The van der Waals surface area contributed by atoms with E-state index >= 15 is 0 Å². The molecule has 2 rings (SSSR count). The number of nitrogens with one attached hydrogen (secondary N) is 1. The van der Waals surface area contributed by atoms with Gasteiger partial charge in [-0.15, -0.1) is 0 Å². The van der Waals surface area contributed by atoms with Crippen molar-refractivity contribution in [2.24, 2.45) is 0 Å². The van der Waals surface area contributed by atoms with Gasteiger partial charge in [0.05, 0.1) is 10.5 Å². The fourth-order valence-corrected chi connectivity index (χ4v) is 3.00. The molecule has 106 valence electrons. The average molecular weight is 401 g/mol. The zero-order valence-corrected chi connectivity index (χ0v) is 14.8. The van der Waals surface area contributed by atoms with E-state index in [0.29, 0.717) is 10.0 Å². The molecule has 4 heteroatoms. The van der Waals surface area contributed by atoms with Crippen molar-refractivity contribution in [3.05, 3.63) is 67.3 Å². The Kier molecular flexibility index (Phi) is 4.99. The van der Waals surface area contributed by atoms with Gasteiger partial charge in [0, 0.05) is 10.0 Å². The van der Waals surface area contributed by atoms with Crippen LogP contribution in [0.2, 0.25) is 0 Å². The maximum Gasteiger partial charge on any atom is 0.142 e. The molecule has 0 spiro atoms. The number of benzene rings is 2. The Labute approximate surface area is 135 Å². The molecule has 20 heavy (non-hydrogen) atoms. The first kappa shape index (κ1) is 15.7. The summed E-state index contributed by atoms with van der Waals surface area (Å²) in [6.07, 6.45) is 0. The van der Waals surface area contributed by atoms with E-state index in [1.54, 1.807) is 6.07 Å². The van der Waals surface area contributed by atoms with Crippen LogP contribution in [0.4, 0.5) is 4.39 Å². The molecule has 0 aliphatic carbocycles. The average Bonchev–Trinajstić information content (AvgIpc) is 2.41. The molecular weight excluding hydrogens is 385 g/mol. The monoisotopic (exact) mass is 399 g/mol. The molecule has 0 heterocycles. The lowest BCUT2D eigenvalue weighted by Gasteiger charge is -2.20. The van der Waals surface area contributed by atoms with Gasteiger partial charge < -0.3 is 5.32 Å². The third-order valence-electron chi connectivity index (χ3n) is 3.37. The summed E-state index contributed by atoms with van der Waals surface area (Å²) >= 11 is 6.81. The molecule has 1 unspecified atom stereocenters. The predicted molar refractivity (Wildman–Crippen MR) is 88.6 cm³/mol. The van der Waals surface area contributed by atoms with E-state index in [2.05, 4.69) is 49.3 Å². The topological polar surface area (TPSA) is 12.0 Å². The van der Waals surface area contributed by atoms with Crippen molar-refractivity contribution >= 4 is 31.9 Å². The molecule has 0 aliphatic heterocycles. The van der Waals surface area contributed by atoms with Crippen LogP contribution in [0.5, 0.6) is 0 Å². The smallest absolute Gasteiger partial charge is 0.142 e. The highest BCUT2D eigenvalue weighted by molar-refractivity contribution is 9.10. The molecule has 0 aromatic heterocycles. The van der Waals surface area contributed by atoms with Crippen molar-refractivity contribution in [3.63, 3.8) is 0 Å². The molecule has 0 saturated carbocycles. The highest BCUT2D eigenvalue weighted by Crippen LogP contribution is 2.31. The molecule has 0 saturated heterocycles. The SMILES string of the molecule is CNC(c1cc(C)c(Br)c(C)c1)c1cccc(Br)c1F. The lowest BCUT2D eigenvalue weighted by Crippen LogP contribution is -2.19. The third kappa shape index (κ3) is 2.97. The molecule has 0 radical (unpaired) electrons. The Hall–Kier alpha value is -0.710. The van der Waals surface area contributed by atoms with Gasteiger partial charge in [-0.25, -0.2) is 4.39 Å². The van der Waals surface area contributed by atoms with E-state index in [1.807, 2.05) is 33.0 Å². The van der Waals surface area contributed by atoms with Crippen LogP contribution >= 0.6 is 31.9 Å². The third-order valence-corrected chi connectivity index (χ3v) is 5.24. The second-order valence-electron chi connectivity index (χ2n) is 4.83. The van der Waals surface area contributed by atoms with Crippen LogP contribution in [-0.2, 0) is 0 Å². The van der Waals surface area contributed by atoms with Crippen molar-refractivity contribution in [1.82, 2.24) is 5.32 Å². The van der Waals surface area contributed by atoms with Crippen LogP contribution in [0.1, 0.15) is 28.3 Å². The van der Waals surface area contributed by atoms with Crippen LogP contribution in [0.15, 0.2) is 39.3 Å². The van der Waals surface area contributed by atoms with Crippen LogP contribution in [0.25, 0.3) is 0 Å². The lowest BCUT2D eigenvalue weighted by molar-refractivity contribution is 0.570. The zero-order valence-electron chi connectivity index (χ0n) is 11.6. The second-order valence-corrected chi connectivity index (χ2v) is 6.48. The normalized spacial score (nSPS) is 12.5. The van der Waals surface area contributed by atoms with Crippen LogP contribution in [0, 0.1) is 19.7 Å². The Bertz CT molecular complexity index is 617. The van der Waals surface area contributed by atoms with E-state index < -0.39 is 0 Å². The summed E-state index contributed by atoms with van der Waals surface area (Å²) in [5, 5.41) is 3.20. The first-order valence-corrected chi connectivity index (χ1v) is 7.92. The minimum atomic E-state index is -0.218. The van der Waals surface area contributed by atoms with E-state index in [1.165, 1.54) is 0 Å². The van der Waals surface area contributed by atoms with Gasteiger partial charge in [0.2, 0.25) is 0 Å². The van der Waals surface area contributed by atoms with Gasteiger partial charge in [-0.2, -0.15) is 0 Å². The van der Waals surface area contributed by atoms with Gasteiger partial charge in [0.25, 0.3) is 0 Å². The van der Waals surface area contributed by atoms with Crippen molar-refractivity contribution in [1.29, 1.82) is 0 Å². The van der Waals surface area contributed by atoms with Gasteiger partial charge in [-0.1, -0.05) is 40.2 Å². The summed E-state index contributed by atoms with van der Waals surface area (Å²) in [6.45, 7) is 4.09. The number of aryl methyl sites for hydroxylation is 2. The molecule has 2 aromatic carbocycles. The maximum absolute atomic E-state index is 14.3. The molecule has 1 atom stereocenters. The first-order valence-electron chi connectivity index (χ1n) is 6.33. The van der Waals surface area contributed by atoms with Crippen LogP contribution < -0.4 is 5.32 Å². The summed E-state index contributed by atoms with van der Waals surface area (Å²) in [4.78, 5) is 0. The fourth-order valence-electron chi connectivity index (χ4n) is 2.39. The maximum atomic E-state index is 14.3. The fraction of sp³-hybridized carbons (Fsp3) is 0.250. The molecule has 0 aliphatic rings. The number of hydrogen-bond acceptors (Lipinski definition) is 1. The molecule has 1 nitrogen and oxygen atoms in total. The number of rotatable bonds is 3. The van der Waals surface area contributed by atoms with Gasteiger partial charge >= 0.3 is 0 Å². The molecule has 0 bridgehead atoms. The van der Waals surface area contributed by atoms with Gasteiger partial charge in [0.1, 0.15) is 5.82 Å². The minimum absolute atomic E-state index is 0.169. The van der Waals surface area contributed by atoms with Gasteiger partial charge in [-0.05, 0) is 59.6 Å². The molecule has 0 fully saturated rings. The Morgan fingerprint density at radius 1 is 1.10 bits per heavy atom. The van der Waals surface area contributed by atoms with Crippen molar-refractivity contribution in [2.45, 2.75) is 19.9 Å². The summed E-state index contributed by atoms with van der Waals surface area (Å²) in [7, 11) is 1.84. The molecule has 0 amide bonds. The lowest BCUT2D eigenvalue weighted by atomic mass is 9.95. The second kappa shape index (κ2) is 6.37. The van der Waals surface area contributed by atoms with E-state index in [-0.39, 0.29) is 11.9 Å². The van der Waals surface area contributed by atoms with Crippen LogP contribution in [0.3, 0.4) is 0 Å². The van der Waals surface area contributed by atoms with E-state index in [9.17, 15) is 4.39 Å². The standard InChI is InChI=1S/C16H16Br2FN/c1-9-7-11(8-10(2)14(9)18)16(20-3)12-5-4-6-13(17)15(12)19/h4-8,16,20H,1-3H3. The minimum Gasteiger partial charge on any atom is -0.309 e. The molecular formula is C16H16Br2FN. The quantitative estimate of drug-likeness (QED) is 0.739. The summed E-state index contributed by atoms with van der Waals surface area (Å²) in [6, 6.07) is 9.37. The summed E-state index contributed by atoms with van der Waals surface area (Å²) in [5.41, 5.74) is 4.00. The van der Waals surface area contributed by atoms with Crippen molar-refractivity contribution < 1.29 is 4.39 Å². The van der Waals surface area contributed by atoms with Gasteiger partial charge in [0.15, 0.2) is 0 Å². The highest BCUT2D eigenvalue weighted by atomic mass is 79.9. The predicted octanol–water partition coefficient (Wildman–Crippen LogP) is 5.28. The van der Waals surface area contributed by atoms with Crippen molar-refractivity contribution in [2.75, 3.05) is 7.05 Å². The molecule has 1 N–H and O–H groups in total. The summed E-state index contributed by atoms with van der Waals surface area (Å²) < 4.78 is 15.9. The highest BCUT2D eigenvalue weighted by Gasteiger charge is 2.18. The number of halogens is 3. The van der Waals surface area contributed by atoms with E-state index in [0.717, 1.165) is 21.2 Å². The molecule has 2 aromatic rings. The zero-order chi connectivity index (χ0) is 14.9. The Morgan fingerprint density at radius 2 is 1.70 bits per heavy atom. The Balaban J connectivity index is 2.55. The largest absolute Gasteiger partial charge is 0.309 e. The van der Waals surface area contributed by atoms with Crippen molar-refractivity contribution in [3.8, 4) is 0 Å². The Morgan fingerprint density at radius 3 is 2.25 bits per heavy atom.